The van der Waals surface area contributed by atoms with E-state index in [1.165, 1.54) is 12.8 Å². The molecule has 0 radical (unpaired) electrons. The minimum atomic E-state index is 0.0996. The Bertz CT molecular complexity index is 591. The van der Waals surface area contributed by atoms with Crippen LogP contribution in [0.4, 0.5) is 0 Å². The lowest BCUT2D eigenvalue weighted by atomic mass is 10.1. The van der Waals surface area contributed by atoms with Crippen LogP contribution in [0.25, 0.3) is 0 Å². The molecule has 0 amide bonds. The van der Waals surface area contributed by atoms with Crippen molar-refractivity contribution in [1.82, 2.24) is 14.8 Å². The summed E-state index contributed by atoms with van der Waals surface area (Å²) in [6, 6.07) is 8.10. The molecule has 2 aromatic rings. The zero-order chi connectivity index (χ0) is 14.7. The molecule has 5 heteroatoms. The molecule has 0 bridgehead atoms. The Morgan fingerprint density at radius 3 is 2.81 bits per heavy atom. The summed E-state index contributed by atoms with van der Waals surface area (Å²) in [5.74, 6) is 2.85. The molecule has 1 aliphatic heterocycles. The average molecular weight is 286 g/mol. The van der Waals surface area contributed by atoms with E-state index in [0.717, 1.165) is 42.3 Å². The third kappa shape index (κ3) is 3.08. The standard InChI is InChI=1S/C16H22N4O/c1-2-14(17)12-6-8-13(9-7-12)21-11-16-19-18-15-5-3-4-10-20(15)16/h6-9,14H,2-5,10-11,17H2,1H3/t14-/m1/s1. The van der Waals surface area contributed by atoms with Gasteiger partial charge in [-0.05, 0) is 37.0 Å². The van der Waals surface area contributed by atoms with Crippen molar-refractivity contribution < 1.29 is 4.74 Å². The maximum absolute atomic E-state index is 6.01. The molecule has 5 nitrogen and oxygen atoms in total. The second-order valence-corrected chi connectivity index (χ2v) is 5.51. The monoisotopic (exact) mass is 286 g/mol. The first-order valence-electron chi connectivity index (χ1n) is 7.67. The quantitative estimate of drug-likeness (QED) is 0.917. The van der Waals surface area contributed by atoms with Gasteiger partial charge in [-0.15, -0.1) is 10.2 Å². The van der Waals surface area contributed by atoms with Gasteiger partial charge in [0.1, 0.15) is 18.2 Å². The summed E-state index contributed by atoms with van der Waals surface area (Å²) in [6.45, 7) is 3.56. The molecule has 3 rings (SSSR count). The van der Waals surface area contributed by atoms with E-state index >= 15 is 0 Å². The Morgan fingerprint density at radius 1 is 1.24 bits per heavy atom. The van der Waals surface area contributed by atoms with Crippen LogP contribution in [0.15, 0.2) is 24.3 Å². The molecular weight excluding hydrogens is 264 g/mol. The number of nitrogens with two attached hydrogens (primary N) is 1. The number of hydrogen-bond acceptors (Lipinski definition) is 4. The van der Waals surface area contributed by atoms with E-state index in [1.807, 2.05) is 24.3 Å². The number of benzene rings is 1. The highest BCUT2D eigenvalue weighted by molar-refractivity contribution is 5.29. The van der Waals surface area contributed by atoms with E-state index in [1.54, 1.807) is 0 Å². The van der Waals surface area contributed by atoms with E-state index in [2.05, 4.69) is 21.7 Å². The van der Waals surface area contributed by atoms with Crippen molar-refractivity contribution in [2.75, 3.05) is 0 Å². The van der Waals surface area contributed by atoms with Gasteiger partial charge < -0.3 is 15.0 Å². The molecule has 1 aromatic heterocycles. The molecular formula is C16H22N4O. The fourth-order valence-electron chi connectivity index (χ4n) is 2.67. The van der Waals surface area contributed by atoms with Gasteiger partial charge in [0, 0.05) is 19.0 Å². The van der Waals surface area contributed by atoms with Crippen LogP contribution in [-0.2, 0) is 19.6 Å². The molecule has 112 valence electrons. The number of hydrogen-bond donors (Lipinski definition) is 1. The molecule has 0 fully saturated rings. The highest BCUT2D eigenvalue weighted by Crippen LogP contribution is 2.20. The molecule has 1 aromatic carbocycles. The van der Waals surface area contributed by atoms with Crippen molar-refractivity contribution in [3.8, 4) is 5.75 Å². The Balaban J connectivity index is 1.64. The maximum Gasteiger partial charge on any atom is 0.171 e. The third-order valence-electron chi connectivity index (χ3n) is 4.05. The molecule has 2 heterocycles. The van der Waals surface area contributed by atoms with Crippen LogP contribution in [-0.4, -0.2) is 14.8 Å². The van der Waals surface area contributed by atoms with E-state index in [0.29, 0.717) is 6.61 Å². The van der Waals surface area contributed by atoms with Gasteiger partial charge in [0.25, 0.3) is 0 Å². The first kappa shape index (κ1) is 14.1. The zero-order valence-corrected chi connectivity index (χ0v) is 12.5. The number of fused-ring (bicyclic) bond motifs is 1. The molecule has 2 N–H and O–H groups in total. The summed E-state index contributed by atoms with van der Waals surface area (Å²) >= 11 is 0. The summed E-state index contributed by atoms with van der Waals surface area (Å²) in [6.07, 6.45) is 4.36. The molecule has 0 spiro atoms. The first-order valence-corrected chi connectivity index (χ1v) is 7.67. The van der Waals surface area contributed by atoms with Gasteiger partial charge in [-0.2, -0.15) is 0 Å². The normalized spacial score (nSPS) is 15.5. The van der Waals surface area contributed by atoms with Gasteiger partial charge in [0.15, 0.2) is 5.82 Å². The minimum Gasteiger partial charge on any atom is -0.486 e. The smallest absolute Gasteiger partial charge is 0.171 e. The first-order chi connectivity index (χ1) is 10.3. The summed E-state index contributed by atoms with van der Waals surface area (Å²) in [5, 5.41) is 8.47. The largest absolute Gasteiger partial charge is 0.486 e. The van der Waals surface area contributed by atoms with Gasteiger partial charge in [-0.25, -0.2) is 0 Å². The molecule has 0 unspecified atom stereocenters. The average Bonchev–Trinajstić information content (AvgIpc) is 2.96. The number of nitrogens with zero attached hydrogens (tertiary/aromatic N) is 3. The SMILES string of the molecule is CC[C@@H](N)c1ccc(OCc2nnc3n2CCCC3)cc1. The van der Waals surface area contributed by atoms with Crippen LogP contribution in [0.3, 0.4) is 0 Å². The van der Waals surface area contributed by atoms with Crippen LogP contribution >= 0.6 is 0 Å². The van der Waals surface area contributed by atoms with Crippen molar-refractivity contribution >= 4 is 0 Å². The van der Waals surface area contributed by atoms with E-state index in [4.69, 9.17) is 10.5 Å². The van der Waals surface area contributed by atoms with Crippen LogP contribution < -0.4 is 10.5 Å². The summed E-state index contributed by atoms with van der Waals surface area (Å²) in [5.41, 5.74) is 7.15. The maximum atomic E-state index is 6.01. The van der Waals surface area contributed by atoms with Crippen molar-refractivity contribution in [2.24, 2.45) is 5.73 Å². The Kier molecular flexibility index (Phi) is 4.20. The highest BCUT2D eigenvalue weighted by Gasteiger charge is 2.15. The number of aryl methyl sites for hydroxylation is 1. The van der Waals surface area contributed by atoms with Gasteiger partial charge in [-0.3, -0.25) is 0 Å². The predicted octanol–water partition coefficient (Wildman–Crippen LogP) is 2.60. The molecule has 0 aliphatic carbocycles. The highest BCUT2D eigenvalue weighted by atomic mass is 16.5. The molecule has 0 saturated carbocycles. The lowest BCUT2D eigenvalue weighted by Gasteiger charge is -2.15. The Labute approximate surface area is 125 Å². The van der Waals surface area contributed by atoms with E-state index in [-0.39, 0.29) is 6.04 Å². The predicted molar refractivity (Wildman–Crippen MR) is 81.0 cm³/mol. The second-order valence-electron chi connectivity index (χ2n) is 5.51. The van der Waals surface area contributed by atoms with Crippen LogP contribution in [0.2, 0.25) is 0 Å². The third-order valence-corrected chi connectivity index (χ3v) is 4.05. The Hall–Kier alpha value is -1.88. The zero-order valence-electron chi connectivity index (χ0n) is 12.5. The summed E-state index contributed by atoms with van der Waals surface area (Å²) in [4.78, 5) is 0. The van der Waals surface area contributed by atoms with E-state index in [9.17, 15) is 0 Å². The van der Waals surface area contributed by atoms with Gasteiger partial charge >= 0.3 is 0 Å². The minimum absolute atomic E-state index is 0.0996. The Morgan fingerprint density at radius 2 is 2.05 bits per heavy atom. The van der Waals surface area contributed by atoms with Crippen molar-refractivity contribution in [1.29, 1.82) is 0 Å². The summed E-state index contributed by atoms with van der Waals surface area (Å²) < 4.78 is 8.01. The number of aromatic nitrogens is 3. The van der Waals surface area contributed by atoms with Crippen molar-refractivity contribution in [2.45, 2.75) is 51.8 Å². The van der Waals surface area contributed by atoms with Gasteiger partial charge in [0.2, 0.25) is 0 Å². The second kappa shape index (κ2) is 6.26. The molecule has 21 heavy (non-hydrogen) atoms. The van der Waals surface area contributed by atoms with Gasteiger partial charge in [0.05, 0.1) is 0 Å². The van der Waals surface area contributed by atoms with Crippen LogP contribution in [0, 0.1) is 0 Å². The van der Waals surface area contributed by atoms with E-state index < -0.39 is 0 Å². The number of rotatable bonds is 5. The lowest BCUT2D eigenvalue weighted by molar-refractivity contribution is 0.286. The fourth-order valence-corrected chi connectivity index (χ4v) is 2.67. The number of ether oxygens (including phenoxy) is 1. The molecule has 1 atom stereocenters. The fraction of sp³-hybridized carbons (Fsp3) is 0.500. The molecule has 0 saturated heterocycles. The van der Waals surface area contributed by atoms with Crippen LogP contribution in [0.1, 0.15) is 49.4 Å². The summed E-state index contributed by atoms with van der Waals surface area (Å²) in [7, 11) is 0. The van der Waals surface area contributed by atoms with Crippen molar-refractivity contribution in [3.63, 3.8) is 0 Å². The van der Waals surface area contributed by atoms with Gasteiger partial charge in [-0.1, -0.05) is 19.1 Å². The van der Waals surface area contributed by atoms with Crippen LogP contribution in [0.5, 0.6) is 5.75 Å². The van der Waals surface area contributed by atoms with Crippen molar-refractivity contribution in [3.05, 3.63) is 41.5 Å². The topological polar surface area (TPSA) is 66.0 Å². The molecule has 1 aliphatic rings. The lowest BCUT2D eigenvalue weighted by Crippen LogP contribution is -2.14.